The van der Waals surface area contributed by atoms with E-state index in [9.17, 15) is 13.2 Å². The molecule has 1 aromatic carbocycles. The van der Waals surface area contributed by atoms with E-state index in [0.29, 0.717) is 13.4 Å². The predicted molar refractivity (Wildman–Crippen MR) is 89.0 cm³/mol. The van der Waals surface area contributed by atoms with Crippen LogP contribution in [0, 0.1) is 0 Å². The number of carbonyl (C=O) groups excluding carboxylic acids is 1. The number of alkyl halides is 1. The summed E-state index contributed by atoms with van der Waals surface area (Å²) in [6.07, 6.45) is 0. The smallest absolute Gasteiger partial charge is 0.339 e. The summed E-state index contributed by atoms with van der Waals surface area (Å²) < 4.78 is 37.6. The highest BCUT2D eigenvalue weighted by Gasteiger charge is 2.24. The monoisotopic (exact) mass is 556 g/mol. The van der Waals surface area contributed by atoms with Gasteiger partial charge in [-0.3, -0.25) is 4.55 Å². The van der Waals surface area contributed by atoms with Gasteiger partial charge >= 0.3 is 5.97 Å². The topological polar surface area (TPSA) is 80.7 Å². The van der Waals surface area contributed by atoms with Gasteiger partial charge in [-0.2, -0.15) is 8.42 Å². The van der Waals surface area contributed by atoms with Crippen molar-refractivity contribution in [1.29, 1.82) is 0 Å². The molecule has 0 aromatic heterocycles. The first-order valence-electron chi connectivity index (χ1n) is 5.00. The van der Waals surface area contributed by atoms with E-state index >= 15 is 0 Å². The maximum absolute atomic E-state index is 11.9. The number of esters is 1. The Morgan fingerprint density at radius 3 is 2.40 bits per heavy atom. The van der Waals surface area contributed by atoms with Crippen molar-refractivity contribution >= 4 is 79.8 Å². The maximum atomic E-state index is 11.9. The van der Waals surface area contributed by atoms with Gasteiger partial charge in [0.25, 0.3) is 10.1 Å². The summed E-state index contributed by atoms with van der Waals surface area (Å²) in [6, 6.07) is 3.27. The van der Waals surface area contributed by atoms with Gasteiger partial charge in [0.1, 0.15) is 11.9 Å². The molecule has 1 aromatic rings. The van der Waals surface area contributed by atoms with Gasteiger partial charge in [0.15, 0.2) is 0 Å². The molecule has 1 unspecified atom stereocenters. The van der Waals surface area contributed by atoms with Crippen molar-refractivity contribution in [3.63, 3.8) is 0 Å². The van der Waals surface area contributed by atoms with E-state index in [4.69, 9.17) is 9.29 Å². The molecule has 0 aliphatic rings. The molecule has 0 saturated heterocycles. The van der Waals surface area contributed by atoms with Crippen molar-refractivity contribution in [2.45, 2.75) is 5.25 Å². The number of ether oxygens (including phenoxy) is 1. The SMILES string of the molecule is O=C(OCC(CBr)S(=O)(=O)O)c1cc(Br)cc(Br)c1Br. The summed E-state index contributed by atoms with van der Waals surface area (Å²) in [7, 11) is -4.27. The van der Waals surface area contributed by atoms with Gasteiger partial charge in [-0.05, 0) is 44.0 Å². The van der Waals surface area contributed by atoms with Crippen LogP contribution in [0.25, 0.3) is 0 Å². The molecular formula is C10H8Br4O5S. The van der Waals surface area contributed by atoms with Crippen LogP contribution in [0.1, 0.15) is 10.4 Å². The van der Waals surface area contributed by atoms with Gasteiger partial charge in [0.05, 0.1) is 5.56 Å². The molecule has 20 heavy (non-hydrogen) atoms. The third kappa shape index (κ3) is 5.06. The first-order chi connectivity index (χ1) is 9.16. The summed E-state index contributed by atoms with van der Waals surface area (Å²) in [5.74, 6) is -0.700. The molecular weight excluding hydrogens is 552 g/mol. The summed E-state index contributed by atoms with van der Waals surface area (Å²) in [6.45, 7) is -0.445. The Hall–Kier alpha value is 0.520. The van der Waals surface area contributed by atoms with Crippen molar-refractivity contribution in [3.8, 4) is 0 Å². The average Bonchev–Trinajstić information content (AvgIpc) is 2.32. The normalized spacial score (nSPS) is 13.1. The summed E-state index contributed by atoms with van der Waals surface area (Å²) in [4.78, 5) is 11.9. The van der Waals surface area contributed by atoms with E-state index < -0.39 is 27.9 Å². The van der Waals surface area contributed by atoms with E-state index in [1.54, 1.807) is 6.07 Å². The highest BCUT2D eigenvalue weighted by Crippen LogP contribution is 2.31. The fourth-order valence-corrected chi connectivity index (χ4v) is 4.37. The van der Waals surface area contributed by atoms with Crippen molar-refractivity contribution in [2.75, 3.05) is 11.9 Å². The van der Waals surface area contributed by atoms with Gasteiger partial charge in [-0.1, -0.05) is 31.9 Å². The van der Waals surface area contributed by atoms with Crippen molar-refractivity contribution in [3.05, 3.63) is 31.1 Å². The number of rotatable bonds is 5. The van der Waals surface area contributed by atoms with Crippen LogP contribution in [0.2, 0.25) is 0 Å². The fraction of sp³-hybridized carbons (Fsp3) is 0.300. The van der Waals surface area contributed by atoms with Crippen molar-refractivity contribution in [2.24, 2.45) is 0 Å². The van der Waals surface area contributed by atoms with E-state index in [1.807, 2.05) is 0 Å². The van der Waals surface area contributed by atoms with Gasteiger partial charge in [-0.25, -0.2) is 4.79 Å². The van der Waals surface area contributed by atoms with Gasteiger partial charge in [0.2, 0.25) is 0 Å². The molecule has 0 saturated carbocycles. The number of hydrogen-bond donors (Lipinski definition) is 1. The minimum Gasteiger partial charge on any atom is -0.461 e. The Kier molecular flexibility index (Phi) is 7.13. The third-order valence-corrected chi connectivity index (χ3v) is 7.03. The highest BCUT2D eigenvalue weighted by atomic mass is 79.9. The number of halogens is 4. The molecule has 1 atom stereocenters. The van der Waals surface area contributed by atoms with Crippen LogP contribution in [-0.2, 0) is 14.9 Å². The molecule has 0 spiro atoms. The Labute approximate surface area is 149 Å². The van der Waals surface area contributed by atoms with Crippen LogP contribution < -0.4 is 0 Å². The van der Waals surface area contributed by atoms with Crippen LogP contribution >= 0.6 is 63.7 Å². The fourth-order valence-electron chi connectivity index (χ4n) is 1.16. The molecule has 10 heteroatoms. The van der Waals surface area contributed by atoms with E-state index in [0.717, 1.165) is 0 Å². The largest absolute Gasteiger partial charge is 0.461 e. The number of benzene rings is 1. The Morgan fingerprint density at radius 1 is 1.30 bits per heavy atom. The second kappa shape index (κ2) is 7.68. The molecule has 0 bridgehead atoms. The zero-order valence-corrected chi connectivity index (χ0v) is 16.8. The molecule has 1 N–H and O–H groups in total. The molecule has 112 valence electrons. The summed E-state index contributed by atoms with van der Waals surface area (Å²) >= 11 is 12.7. The van der Waals surface area contributed by atoms with Gasteiger partial charge < -0.3 is 4.74 Å². The number of carbonyl (C=O) groups is 1. The summed E-state index contributed by atoms with van der Waals surface area (Å²) in [5.41, 5.74) is 0.231. The Bertz CT molecular complexity index is 616. The summed E-state index contributed by atoms with van der Waals surface area (Å²) in [5, 5.41) is -1.25. The quantitative estimate of drug-likeness (QED) is 0.257. The van der Waals surface area contributed by atoms with Crippen LogP contribution in [0.5, 0.6) is 0 Å². The molecule has 0 aliphatic carbocycles. The maximum Gasteiger partial charge on any atom is 0.339 e. The van der Waals surface area contributed by atoms with E-state index in [2.05, 4.69) is 63.7 Å². The lowest BCUT2D eigenvalue weighted by Gasteiger charge is -2.12. The zero-order valence-electron chi connectivity index (χ0n) is 9.65. The Balaban J connectivity index is 2.88. The predicted octanol–water partition coefficient (Wildman–Crippen LogP) is 3.78. The van der Waals surface area contributed by atoms with Gasteiger partial charge in [-0.15, -0.1) is 0 Å². The van der Waals surface area contributed by atoms with Crippen LogP contribution in [0.15, 0.2) is 25.6 Å². The minimum absolute atomic E-state index is 0.0392. The molecule has 5 nitrogen and oxygen atoms in total. The standard InChI is InChI=1S/C10H8Br4O5S/c11-3-6(20(16,17)18)4-19-10(15)7-1-5(12)2-8(13)9(7)14/h1-2,6H,3-4H2,(H,16,17,18). The molecule has 0 aliphatic heterocycles. The average molecular weight is 560 g/mol. The van der Waals surface area contributed by atoms with Gasteiger partial charge in [0, 0.05) is 18.7 Å². The van der Waals surface area contributed by atoms with Crippen molar-refractivity contribution < 1.29 is 22.5 Å². The van der Waals surface area contributed by atoms with Crippen molar-refractivity contribution in [1.82, 2.24) is 0 Å². The first-order valence-corrected chi connectivity index (χ1v) is 10.0. The zero-order chi connectivity index (χ0) is 15.5. The van der Waals surface area contributed by atoms with E-state index in [1.165, 1.54) is 6.07 Å². The highest BCUT2D eigenvalue weighted by molar-refractivity contribution is 9.13. The minimum atomic E-state index is -4.27. The number of hydrogen-bond acceptors (Lipinski definition) is 4. The molecule has 1 rings (SSSR count). The molecule has 0 fully saturated rings. The Morgan fingerprint density at radius 2 is 1.90 bits per heavy atom. The second-order valence-corrected chi connectivity index (χ2v) is 8.55. The van der Waals surface area contributed by atoms with Crippen LogP contribution in [-0.4, -0.2) is 36.1 Å². The molecule has 0 amide bonds. The van der Waals surface area contributed by atoms with E-state index in [-0.39, 0.29) is 10.9 Å². The van der Waals surface area contributed by atoms with Crippen LogP contribution in [0.3, 0.4) is 0 Å². The third-order valence-electron chi connectivity index (χ3n) is 2.21. The lowest BCUT2D eigenvalue weighted by molar-refractivity contribution is 0.0507. The lowest BCUT2D eigenvalue weighted by Crippen LogP contribution is -2.29. The second-order valence-electron chi connectivity index (χ2n) is 3.64. The first kappa shape index (κ1) is 18.6. The lowest BCUT2D eigenvalue weighted by atomic mass is 10.2. The molecule has 0 heterocycles. The molecule has 0 radical (unpaired) electrons. The van der Waals surface area contributed by atoms with Crippen LogP contribution in [0.4, 0.5) is 0 Å².